The van der Waals surface area contributed by atoms with E-state index in [0.29, 0.717) is 18.2 Å². The predicted molar refractivity (Wildman–Crippen MR) is 87.5 cm³/mol. The standard InChI is InChI=1S/C16H15BrClNO2/c1-19-16(11-3-2-4-12(17)15(11)18)10-5-6-13-14(9-10)21-8-7-20-13/h2-6,9,16,19H,7-8H2,1H3. The molecule has 3 nitrogen and oxygen atoms in total. The van der Waals surface area contributed by atoms with Crippen molar-refractivity contribution in [3.63, 3.8) is 0 Å². The second-order valence-corrected chi connectivity index (χ2v) is 6.00. The highest BCUT2D eigenvalue weighted by molar-refractivity contribution is 9.10. The average molecular weight is 369 g/mol. The van der Waals surface area contributed by atoms with Crippen molar-refractivity contribution in [2.45, 2.75) is 6.04 Å². The normalized spacial score (nSPS) is 14.8. The second kappa shape index (κ2) is 6.26. The van der Waals surface area contributed by atoms with Gasteiger partial charge in [0.15, 0.2) is 11.5 Å². The molecule has 0 aliphatic carbocycles. The lowest BCUT2D eigenvalue weighted by Gasteiger charge is -2.23. The highest BCUT2D eigenvalue weighted by Crippen LogP contribution is 2.37. The van der Waals surface area contributed by atoms with E-state index < -0.39 is 0 Å². The van der Waals surface area contributed by atoms with Crippen molar-refractivity contribution in [1.29, 1.82) is 0 Å². The lowest BCUT2D eigenvalue weighted by Crippen LogP contribution is -2.20. The Kier molecular flexibility index (Phi) is 4.38. The second-order valence-electron chi connectivity index (χ2n) is 4.77. The Balaban J connectivity index is 2.02. The summed E-state index contributed by atoms with van der Waals surface area (Å²) in [6.07, 6.45) is 0. The Hall–Kier alpha value is -1.23. The zero-order valence-electron chi connectivity index (χ0n) is 11.5. The molecule has 1 unspecified atom stereocenters. The maximum Gasteiger partial charge on any atom is 0.161 e. The van der Waals surface area contributed by atoms with Crippen LogP contribution in [-0.2, 0) is 0 Å². The van der Waals surface area contributed by atoms with Crippen LogP contribution in [0.1, 0.15) is 17.2 Å². The van der Waals surface area contributed by atoms with Gasteiger partial charge in [-0.2, -0.15) is 0 Å². The summed E-state index contributed by atoms with van der Waals surface area (Å²) in [6, 6.07) is 11.9. The van der Waals surface area contributed by atoms with Gasteiger partial charge in [-0.1, -0.05) is 29.8 Å². The number of hydrogen-bond acceptors (Lipinski definition) is 3. The third kappa shape index (κ3) is 2.89. The van der Waals surface area contributed by atoms with Gasteiger partial charge in [-0.15, -0.1) is 0 Å². The summed E-state index contributed by atoms with van der Waals surface area (Å²) < 4.78 is 12.1. The largest absolute Gasteiger partial charge is 0.486 e. The molecule has 0 fully saturated rings. The summed E-state index contributed by atoms with van der Waals surface area (Å²) in [7, 11) is 1.92. The molecule has 0 bridgehead atoms. The van der Waals surface area contributed by atoms with Crippen LogP contribution < -0.4 is 14.8 Å². The van der Waals surface area contributed by atoms with Crippen LogP contribution in [0.4, 0.5) is 0 Å². The van der Waals surface area contributed by atoms with Crippen molar-refractivity contribution < 1.29 is 9.47 Å². The topological polar surface area (TPSA) is 30.5 Å². The molecular weight excluding hydrogens is 354 g/mol. The quantitative estimate of drug-likeness (QED) is 0.881. The molecule has 0 spiro atoms. The SMILES string of the molecule is CNC(c1ccc2c(c1)OCCO2)c1cccc(Br)c1Cl. The molecule has 1 N–H and O–H groups in total. The number of halogens is 2. The Morgan fingerprint density at radius 2 is 1.90 bits per heavy atom. The molecule has 2 aromatic carbocycles. The van der Waals surface area contributed by atoms with Crippen LogP contribution in [0.2, 0.25) is 5.02 Å². The van der Waals surface area contributed by atoms with E-state index in [1.807, 2.05) is 43.4 Å². The molecule has 5 heteroatoms. The van der Waals surface area contributed by atoms with E-state index >= 15 is 0 Å². The Morgan fingerprint density at radius 1 is 1.14 bits per heavy atom. The van der Waals surface area contributed by atoms with E-state index in [1.165, 1.54) is 0 Å². The molecule has 0 radical (unpaired) electrons. The number of rotatable bonds is 3. The first-order valence-corrected chi connectivity index (χ1v) is 7.88. The van der Waals surface area contributed by atoms with Crippen molar-refractivity contribution in [2.24, 2.45) is 0 Å². The molecule has 0 amide bonds. The highest BCUT2D eigenvalue weighted by Gasteiger charge is 2.19. The molecule has 1 aliphatic rings. The third-order valence-corrected chi connectivity index (χ3v) is 4.79. The average Bonchev–Trinajstić information content (AvgIpc) is 2.52. The summed E-state index contributed by atoms with van der Waals surface area (Å²) >= 11 is 9.89. The summed E-state index contributed by atoms with van der Waals surface area (Å²) in [4.78, 5) is 0. The lowest BCUT2D eigenvalue weighted by atomic mass is 9.98. The molecule has 0 aromatic heterocycles. The molecule has 1 aliphatic heterocycles. The zero-order valence-corrected chi connectivity index (χ0v) is 13.9. The van der Waals surface area contributed by atoms with Crippen molar-refractivity contribution in [1.82, 2.24) is 5.32 Å². The van der Waals surface area contributed by atoms with Crippen LogP contribution in [0.3, 0.4) is 0 Å². The minimum Gasteiger partial charge on any atom is -0.486 e. The number of benzene rings is 2. The van der Waals surface area contributed by atoms with Gasteiger partial charge < -0.3 is 14.8 Å². The first-order chi connectivity index (χ1) is 10.2. The van der Waals surface area contributed by atoms with Gasteiger partial charge in [0.25, 0.3) is 0 Å². The van der Waals surface area contributed by atoms with E-state index in [4.69, 9.17) is 21.1 Å². The van der Waals surface area contributed by atoms with Crippen LogP contribution >= 0.6 is 27.5 Å². The van der Waals surface area contributed by atoms with E-state index in [-0.39, 0.29) is 6.04 Å². The minimum atomic E-state index is -0.00849. The summed E-state index contributed by atoms with van der Waals surface area (Å²) in [5.74, 6) is 1.57. The number of nitrogens with one attached hydrogen (secondary N) is 1. The van der Waals surface area contributed by atoms with Gasteiger partial charge in [0.1, 0.15) is 13.2 Å². The van der Waals surface area contributed by atoms with Crippen LogP contribution in [0.15, 0.2) is 40.9 Å². The third-order valence-electron chi connectivity index (χ3n) is 3.48. The van der Waals surface area contributed by atoms with Crippen molar-refractivity contribution in [3.05, 3.63) is 57.0 Å². The lowest BCUT2D eigenvalue weighted by molar-refractivity contribution is 0.171. The zero-order chi connectivity index (χ0) is 14.8. The molecule has 0 saturated heterocycles. The maximum atomic E-state index is 6.42. The molecule has 1 atom stereocenters. The fourth-order valence-corrected chi connectivity index (χ4v) is 3.10. The maximum absolute atomic E-state index is 6.42. The van der Waals surface area contributed by atoms with E-state index in [1.54, 1.807) is 0 Å². The van der Waals surface area contributed by atoms with Gasteiger partial charge in [0.2, 0.25) is 0 Å². The molecule has 110 valence electrons. The van der Waals surface area contributed by atoms with Crippen LogP contribution in [0.5, 0.6) is 11.5 Å². The van der Waals surface area contributed by atoms with Crippen LogP contribution in [0.25, 0.3) is 0 Å². The molecule has 0 saturated carbocycles. The van der Waals surface area contributed by atoms with Gasteiger partial charge in [0, 0.05) is 4.47 Å². The Labute approximate surface area is 137 Å². The summed E-state index contributed by atoms with van der Waals surface area (Å²) in [5.41, 5.74) is 2.10. The van der Waals surface area contributed by atoms with Gasteiger partial charge in [-0.25, -0.2) is 0 Å². The van der Waals surface area contributed by atoms with Gasteiger partial charge >= 0.3 is 0 Å². The predicted octanol–water partition coefficient (Wildman–Crippen LogP) is 4.18. The summed E-state index contributed by atoms with van der Waals surface area (Å²) in [5, 5.41) is 4.02. The van der Waals surface area contributed by atoms with E-state index in [2.05, 4.69) is 21.2 Å². The molecule has 3 rings (SSSR count). The fraction of sp³-hybridized carbons (Fsp3) is 0.250. The van der Waals surface area contributed by atoms with Gasteiger partial charge in [0.05, 0.1) is 11.1 Å². The highest BCUT2D eigenvalue weighted by atomic mass is 79.9. The first kappa shape index (κ1) is 14.7. The van der Waals surface area contributed by atoms with Crippen molar-refractivity contribution >= 4 is 27.5 Å². The molecule has 1 heterocycles. The molecule has 2 aromatic rings. The number of hydrogen-bond donors (Lipinski definition) is 1. The van der Waals surface area contributed by atoms with E-state index in [0.717, 1.165) is 27.1 Å². The Morgan fingerprint density at radius 3 is 2.67 bits per heavy atom. The minimum absolute atomic E-state index is 0.00849. The Bertz CT molecular complexity index is 663. The van der Waals surface area contributed by atoms with Crippen LogP contribution in [0, 0.1) is 0 Å². The monoisotopic (exact) mass is 367 g/mol. The molecular formula is C16H15BrClNO2. The van der Waals surface area contributed by atoms with Crippen molar-refractivity contribution in [2.75, 3.05) is 20.3 Å². The summed E-state index contributed by atoms with van der Waals surface area (Å²) in [6.45, 7) is 1.18. The number of ether oxygens (including phenoxy) is 2. The fourth-order valence-electron chi connectivity index (χ4n) is 2.48. The first-order valence-electron chi connectivity index (χ1n) is 6.71. The van der Waals surface area contributed by atoms with Gasteiger partial charge in [-0.3, -0.25) is 0 Å². The number of fused-ring (bicyclic) bond motifs is 1. The van der Waals surface area contributed by atoms with Crippen LogP contribution in [-0.4, -0.2) is 20.3 Å². The molecule has 21 heavy (non-hydrogen) atoms. The van der Waals surface area contributed by atoms with Crippen molar-refractivity contribution in [3.8, 4) is 11.5 Å². The van der Waals surface area contributed by atoms with E-state index in [9.17, 15) is 0 Å². The smallest absolute Gasteiger partial charge is 0.161 e. The van der Waals surface area contributed by atoms with Gasteiger partial charge in [-0.05, 0) is 52.3 Å².